The number of anilines is 2. The molecule has 1 rings (SSSR count). The number of hydrogen-bond acceptors (Lipinski definition) is 6. The number of nitrogen functional groups attached to an aromatic ring is 1. The van der Waals surface area contributed by atoms with Crippen molar-refractivity contribution < 1.29 is 8.42 Å². The van der Waals surface area contributed by atoms with Gasteiger partial charge in [-0.15, -0.1) is 0 Å². The van der Waals surface area contributed by atoms with Gasteiger partial charge in [-0.05, 0) is 6.92 Å². The van der Waals surface area contributed by atoms with Crippen LogP contribution in [0.15, 0.2) is 6.07 Å². The zero-order chi connectivity index (χ0) is 12.9. The van der Waals surface area contributed by atoms with Crippen molar-refractivity contribution in [3.8, 4) is 0 Å². The highest BCUT2D eigenvalue weighted by atomic mass is 32.2. The van der Waals surface area contributed by atoms with Gasteiger partial charge in [0.05, 0.1) is 5.75 Å². The Kier molecular flexibility index (Phi) is 4.64. The lowest BCUT2D eigenvalue weighted by atomic mass is 10.4. The van der Waals surface area contributed by atoms with Crippen LogP contribution >= 0.6 is 0 Å². The van der Waals surface area contributed by atoms with Crippen LogP contribution in [-0.2, 0) is 10.0 Å². The maximum absolute atomic E-state index is 11.3. The van der Waals surface area contributed by atoms with E-state index in [4.69, 9.17) is 5.73 Å². The molecule has 0 saturated carbocycles. The van der Waals surface area contributed by atoms with E-state index in [1.165, 1.54) is 0 Å². The predicted molar refractivity (Wildman–Crippen MR) is 67.1 cm³/mol. The Balaban J connectivity index is 2.51. The molecule has 0 aliphatic carbocycles. The van der Waals surface area contributed by atoms with Gasteiger partial charge >= 0.3 is 0 Å². The van der Waals surface area contributed by atoms with Crippen molar-refractivity contribution in [2.24, 2.45) is 0 Å². The topological polar surface area (TPSA) is 110 Å². The Morgan fingerprint density at radius 1 is 1.41 bits per heavy atom. The summed E-state index contributed by atoms with van der Waals surface area (Å²) in [6.45, 7) is 4.19. The predicted octanol–water partition coefficient (Wildman–Crippen LogP) is -0.282. The zero-order valence-electron chi connectivity index (χ0n) is 9.90. The molecule has 7 nitrogen and oxygen atoms in total. The molecule has 1 aromatic heterocycles. The highest BCUT2D eigenvalue weighted by Gasteiger charge is 2.08. The first kappa shape index (κ1) is 13.7. The number of aryl methyl sites for hydroxylation is 1. The Hall–Kier alpha value is -1.41. The van der Waals surface area contributed by atoms with Crippen LogP contribution in [0.3, 0.4) is 0 Å². The molecule has 4 N–H and O–H groups in total. The second kappa shape index (κ2) is 5.78. The van der Waals surface area contributed by atoms with Gasteiger partial charge in [0.2, 0.25) is 16.0 Å². The van der Waals surface area contributed by atoms with Gasteiger partial charge < -0.3 is 11.1 Å². The molecule has 1 aromatic rings. The highest BCUT2D eigenvalue weighted by molar-refractivity contribution is 7.89. The van der Waals surface area contributed by atoms with Crippen LogP contribution in [0.4, 0.5) is 11.8 Å². The molecular formula is C9H17N5O2S. The van der Waals surface area contributed by atoms with E-state index in [0.717, 1.165) is 5.69 Å². The van der Waals surface area contributed by atoms with E-state index in [0.29, 0.717) is 12.4 Å². The van der Waals surface area contributed by atoms with Crippen molar-refractivity contribution >= 4 is 21.8 Å². The molecule has 96 valence electrons. The van der Waals surface area contributed by atoms with E-state index in [9.17, 15) is 8.42 Å². The van der Waals surface area contributed by atoms with E-state index in [-0.39, 0.29) is 18.2 Å². The van der Waals surface area contributed by atoms with Crippen molar-refractivity contribution in [3.05, 3.63) is 11.8 Å². The fraction of sp³-hybridized carbons (Fsp3) is 0.556. The third-order valence-electron chi connectivity index (χ3n) is 1.91. The second-order valence-corrected chi connectivity index (χ2v) is 5.42. The van der Waals surface area contributed by atoms with Crippen molar-refractivity contribution in [2.75, 3.05) is 29.9 Å². The number of aromatic nitrogens is 2. The molecule has 17 heavy (non-hydrogen) atoms. The summed E-state index contributed by atoms with van der Waals surface area (Å²) < 4.78 is 25.1. The molecule has 8 heteroatoms. The van der Waals surface area contributed by atoms with E-state index >= 15 is 0 Å². The molecule has 0 aliphatic rings. The lowest BCUT2D eigenvalue weighted by molar-refractivity contribution is 0.584. The minimum absolute atomic E-state index is 0.0101. The Labute approximate surface area is 101 Å². The zero-order valence-corrected chi connectivity index (χ0v) is 10.7. The number of nitrogens with one attached hydrogen (secondary N) is 2. The summed E-state index contributed by atoms with van der Waals surface area (Å²) in [7, 11) is -3.21. The number of rotatable bonds is 6. The second-order valence-electron chi connectivity index (χ2n) is 3.50. The standard InChI is InChI=1S/C9H17N5O2S/c1-3-12-17(15,16)5-4-11-8-6-7(2)13-9(10)14-8/h6,12H,3-5H2,1-2H3,(H3,10,11,13,14). The molecule has 0 amide bonds. The summed E-state index contributed by atoms with van der Waals surface area (Å²) >= 11 is 0. The van der Waals surface area contributed by atoms with E-state index in [1.807, 2.05) is 0 Å². The highest BCUT2D eigenvalue weighted by Crippen LogP contribution is 2.06. The van der Waals surface area contributed by atoms with Crippen LogP contribution in [0.25, 0.3) is 0 Å². The monoisotopic (exact) mass is 259 g/mol. The third-order valence-corrected chi connectivity index (χ3v) is 3.38. The molecule has 0 aromatic carbocycles. The minimum Gasteiger partial charge on any atom is -0.369 e. The van der Waals surface area contributed by atoms with Gasteiger partial charge in [0.25, 0.3) is 0 Å². The van der Waals surface area contributed by atoms with E-state index in [1.54, 1.807) is 19.9 Å². The van der Waals surface area contributed by atoms with Crippen molar-refractivity contribution in [3.63, 3.8) is 0 Å². The lowest BCUT2D eigenvalue weighted by Gasteiger charge is -2.07. The van der Waals surface area contributed by atoms with Crippen molar-refractivity contribution in [1.29, 1.82) is 0 Å². The van der Waals surface area contributed by atoms with Gasteiger partial charge in [0.1, 0.15) is 5.82 Å². The number of sulfonamides is 1. The average Bonchev–Trinajstić information content (AvgIpc) is 2.15. The van der Waals surface area contributed by atoms with E-state index < -0.39 is 10.0 Å². The largest absolute Gasteiger partial charge is 0.369 e. The molecule has 0 fully saturated rings. The summed E-state index contributed by atoms with van der Waals surface area (Å²) in [6.07, 6.45) is 0. The quantitative estimate of drug-likeness (QED) is 0.648. The van der Waals surface area contributed by atoms with Crippen LogP contribution in [0, 0.1) is 6.92 Å². The first-order valence-electron chi connectivity index (χ1n) is 5.25. The molecule has 0 bridgehead atoms. The van der Waals surface area contributed by atoms with Gasteiger partial charge in [-0.1, -0.05) is 6.92 Å². The molecular weight excluding hydrogens is 242 g/mol. The van der Waals surface area contributed by atoms with Gasteiger partial charge in [-0.2, -0.15) is 4.98 Å². The molecule has 0 saturated heterocycles. The summed E-state index contributed by atoms with van der Waals surface area (Å²) in [6, 6.07) is 1.70. The van der Waals surface area contributed by atoms with Gasteiger partial charge in [0.15, 0.2) is 0 Å². The number of hydrogen-bond donors (Lipinski definition) is 3. The molecule has 1 heterocycles. The summed E-state index contributed by atoms with van der Waals surface area (Å²) in [5, 5.41) is 2.89. The van der Waals surface area contributed by atoms with Crippen LogP contribution in [0.5, 0.6) is 0 Å². The smallest absolute Gasteiger partial charge is 0.222 e. The van der Waals surface area contributed by atoms with Crippen LogP contribution in [0.2, 0.25) is 0 Å². The number of nitrogens with zero attached hydrogens (tertiary/aromatic N) is 2. The first-order valence-corrected chi connectivity index (χ1v) is 6.90. The Bertz CT molecular complexity index is 454. The first-order chi connectivity index (χ1) is 7.93. The van der Waals surface area contributed by atoms with Gasteiger partial charge in [-0.3, -0.25) is 0 Å². The third kappa shape index (κ3) is 4.96. The van der Waals surface area contributed by atoms with Crippen molar-refractivity contribution in [1.82, 2.24) is 14.7 Å². The fourth-order valence-electron chi connectivity index (χ4n) is 1.29. The van der Waals surface area contributed by atoms with Crippen LogP contribution < -0.4 is 15.8 Å². The molecule has 0 unspecified atom stereocenters. The summed E-state index contributed by atoms with van der Waals surface area (Å²) in [4.78, 5) is 7.86. The molecule has 0 atom stereocenters. The van der Waals surface area contributed by atoms with Crippen LogP contribution in [-0.4, -0.2) is 37.2 Å². The molecule has 0 spiro atoms. The minimum atomic E-state index is -3.21. The lowest BCUT2D eigenvalue weighted by Crippen LogP contribution is -2.29. The van der Waals surface area contributed by atoms with Crippen LogP contribution in [0.1, 0.15) is 12.6 Å². The normalized spacial score (nSPS) is 11.4. The average molecular weight is 259 g/mol. The van der Waals surface area contributed by atoms with Gasteiger partial charge in [-0.25, -0.2) is 18.1 Å². The summed E-state index contributed by atoms with van der Waals surface area (Å²) in [5.74, 6) is 0.688. The molecule has 0 aliphatic heterocycles. The Morgan fingerprint density at radius 2 is 2.12 bits per heavy atom. The Morgan fingerprint density at radius 3 is 2.71 bits per heavy atom. The summed E-state index contributed by atoms with van der Waals surface area (Å²) in [5.41, 5.74) is 6.20. The maximum Gasteiger partial charge on any atom is 0.222 e. The SMILES string of the molecule is CCNS(=O)(=O)CCNc1cc(C)nc(N)n1. The fourth-order valence-corrected chi connectivity index (χ4v) is 2.24. The number of nitrogens with two attached hydrogens (primary N) is 1. The molecule has 0 radical (unpaired) electrons. The maximum atomic E-state index is 11.3. The van der Waals surface area contributed by atoms with Crippen molar-refractivity contribution in [2.45, 2.75) is 13.8 Å². The van der Waals surface area contributed by atoms with Gasteiger partial charge in [0, 0.05) is 24.8 Å². The van der Waals surface area contributed by atoms with E-state index in [2.05, 4.69) is 20.0 Å².